The van der Waals surface area contributed by atoms with Crippen molar-refractivity contribution < 1.29 is 31.5 Å². The molecule has 4 rings (SSSR count). The quantitative estimate of drug-likeness (QED) is 0.390. The first-order chi connectivity index (χ1) is 15.6. The van der Waals surface area contributed by atoms with Crippen molar-refractivity contribution in [3.05, 3.63) is 76.3 Å². The average molecular weight is 493 g/mol. The van der Waals surface area contributed by atoms with Crippen molar-refractivity contribution in [2.24, 2.45) is 0 Å². The fourth-order valence-corrected chi connectivity index (χ4v) is 4.94. The molecule has 0 saturated carbocycles. The van der Waals surface area contributed by atoms with Crippen LogP contribution in [0.25, 0.3) is 11.1 Å². The number of nitrogens with one attached hydrogen (secondary N) is 2. The van der Waals surface area contributed by atoms with Crippen LogP contribution in [0.5, 0.6) is 5.75 Å². The van der Waals surface area contributed by atoms with Crippen molar-refractivity contribution in [2.45, 2.75) is 18.4 Å². The van der Waals surface area contributed by atoms with Crippen LogP contribution in [-0.4, -0.2) is 20.3 Å². The van der Waals surface area contributed by atoms with E-state index in [0.29, 0.717) is 17.2 Å². The first-order valence-corrected chi connectivity index (χ1v) is 11.3. The van der Waals surface area contributed by atoms with Gasteiger partial charge in [0.25, 0.3) is 15.9 Å². The maximum Gasteiger partial charge on any atom is 0.308 e. The molecule has 2 N–H and O–H groups in total. The summed E-state index contributed by atoms with van der Waals surface area (Å²) in [5, 5.41) is 2.30. The van der Waals surface area contributed by atoms with E-state index in [0.717, 1.165) is 25.1 Å². The van der Waals surface area contributed by atoms with Crippen LogP contribution >= 0.6 is 11.6 Å². The molecular formula is C22H15ClF2N2O5S. The van der Waals surface area contributed by atoms with Gasteiger partial charge >= 0.3 is 5.97 Å². The number of rotatable bonds is 1. The third kappa shape index (κ3) is 4.39. The van der Waals surface area contributed by atoms with Gasteiger partial charge in [0.15, 0.2) is 5.75 Å². The van der Waals surface area contributed by atoms with Crippen LogP contribution in [0.3, 0.4) is 0 Å². The molecule has 4 bridgehead atoms. The van der Waals surface area contributed by atoms with Crippen LogP contribution in [0.1, 0.15) is 22.8 Å². The van der Waals surface area contributed by atoms with E-state index < -0.39 is 49.9 Å². The Morgan fingerprint density at radius 3 is 2.52 bits per heavy atom. The number of amides is 1. The van der Waals surface area contributed by atoms with Crippen molar-refractivity contribution >= 4 is 39.2 Å². The monoisotopic (exact) mass is 492 g/mol. The van der Waals surface area contributed by atoms with Gasteiger partial charge in [-0.3, -0.25) is 14.3 Å². The molecule has 0 spiro atoms. The van der Waals surface area contributed by atoms with Gasteiger partial charge in [0, 0.05) is 30.7 Å². The minimum absolute atomic E-state index is 0.0417. The van der Waals surface area contributed by atoms with Gasteiger partial charge in [-0.1, -0.05) is 35.9 Å². The molecule has 3 aromatic carbocycles. The number of esters is 1. The maximum atomic E-state index is 14.7. The number of hydrogen-bond donors (Lipinski definition) is 2. The van der Waals surface area contributed by atoms with Crippen LogP contribution in [0, 0.1) is 11.6 Å². The average Bonchev–Trinajstić information content (AvgIpc) is 2.74. The van der Waals surface area contributed by atoms with Crippen molar-refractivity contribution in [3.8, 4) is 16.9 Å². The molecule has 0 fully saturated rings. The second-order valence-corrected chi connectivity index (χ2v) is 9.19. The summed E-state index contributed by atoms with van der Waals surface area (Å²) in [6.07, 6.45) is 0. The number of sulfonamides is 1. The van der Waals surface area contributed by atoms with Crippen LogP contribution < -0.4 is 14.8 Å². The Bertz CT molecular complexity index is 1430. The molecule has 1 aliphatic heterocycles. The van der Waals surface area contributed by atoms with E-state index in [1.807, 2.05) is 4.72 Å². The van der Waals surface area contributed by atoms with Crippen LogP contribution in [0.15, 0.2) is 53.4 Å². The van der Waals surface area contributed by atoms with E-state index in [2.05, 4.69) is 5.32 Å². The third-order valence-corrected chi connectivity index (χ3v) is 6.51. The van der Waals surface area contributed by atoms with Gasteiger partial charge in [-0.15, -0.1) is 0 Å². The Hall–Kier alpha value is -3.50. The molecule has 11 heteroatoms. The number of halogens is 3. The number of carbonyl (C=O) groups is 2. The third-order valence-electron chi connectivity index (χ3n) is 4.86. The first-order valence-electron chi connectivity index (χ1n) is 9.47. The summed E-state index contributed by atoms with van der Waals surface area (Å²) in [5.41, 5.74) is 0.0668. The zero-order valence-corrected chi connectivity index (χ0v) is 18.5. The smallest absolute Gasteiger partial charge is 0.308 e. The molecule has 3 aromatic rings. The summed E-state index contributed by atoms with van der Waals surface area (Å²) in [6.45, 7) is 0.992. The fraction of sp³-hybridized carbons (Fsp3) is 0.0909. The summed E-state index contributed by atoms with van der Waals surface area (Å²) in [4.78, 5) is 23.6. The van der Waals surface area contributed by atoms with Crippen LogP contribution in [0.4, 0.5) is 14.5 Å². The topological polar surface area (TPSA) is 102 Å². The van der Waals surface area contributed by atoms with E-state index in [1.54, 1.807) is 24.3 Å². The molecule has 0 saturated heterocycles. The molecule has 0 unspecified atom stereocenters. The van der Waals surface area contributed by atoms with Gasteiger partial charge in [0.1, 0.15) is 16.5 Å². The van der Waals surface area contributed by atoms with E-state index in [1.165, 1.54) is 0 Å². The summed E-state index contributed by atoms with van der Waals surface area (Å²) in [7, 11) is -4.65. The minimum Gasteiger partial charge on any atom is -0.424 e. The van der Waals surface area contributed by atoms with Crippen molar-refractivity contribution in [1.29, 1.82) is 0 Å². The number of fused-ring (bicyclic) bond motifs is 6. The Kier molecular flexibility index (Phi) is 5.81. The Labute approximate surface area is 192 Å². The molecule has 33 heavy (non-hydrogen) atoms. The van der Waals surface area contributed by atoms with Gasteiger partial charge < -0.3 is 10.1 Å². The fourth-order valence-electron chi connectivity index (χ4n) is 3.39. The normalized spacial score (nSPS) is 14.5. The van der Waals surface area contributed by atoms with Crippen LogP contribution in [0.2, 0.25) is 5.02 Å². The summed E-state index contributed by atoms with van der Waals surface area (Å²) < 4.78 is 62.6. The SMILES string of the molecule is CC(=O)Oc1c(Cl)cc2cc1S(=O)(=O)Nc1cc(c(F)cc1F)-c1ccccc1CNC2=O. The van der Waals surface area contributed by atoms with Gasteiger partial charge in [-0.25, -0.2) is 17.2 Å². The molecule has 170 valence electrons. The molecule has 1 heterocycles. The number of carbonyl (C=O) groups excluding carboxylic acids is 2. The minimum atomic E-state index is -4.65. The maximum absolute atomic E-state index is 14.7. The van der Waals surface area contributed by atoms with Crippen LogP contribution in [-0.2, 0) is 21.4 Å². The standard InChI is InChI=1S/C22H15ClF2N2O5S/c1-11(28)32-21-16(23)6-13-7-20(21)33(30,31)27-19-8-15(17(24)9-18(19)25)14-5-3-2-4-12(14)10-26-22(13)29/h2-9,27H,10H2,1H3,(H,26,29). The van der Waals surface area contributed by atoms with Gasteiger partial charge in [-0.05, 0) is 29.3 Å². The van der Waals surface area contributed by atoms with Crippen molar-refractivity contribution in [2.75, 3.05) is 4.72 Å². The second kappa shape index (κ2) is 8.45. The largest absolute Gasteiger partial charge is 0.424 e. The zero-order chi connectivity index (χ0) is 23.9. The number of ether oxygens (including phenoxy) is 1. The van der Waals surface area contributed by atoms with E-state index in [9.17, 15) is 26.8 Å². The first kappa shape index (κ1) is 22.7. The molecule has 0 aliphatic carbocycles. The molecular weight excluding hydrogens is 478 g/mol. The zero-order valence-electron chi connectivity index (χ0n) is 16.9. The Balaban J connectivity index is 2.01. The molecule has 1 amide bonds. The highest BCUT2D eigenvalue weighted by Gasteiger charge is 2.28. The summed E-state index contributed by atoms with van der Waals surface area (Å²) in [5.74, 6) is -4.18. The predicted octanol–water partition coefficient (Wildman–Crippen LogP) is 4.25. The highest BCUT2D eigenvalue weighted by Crippen LogP contribution is 2.37. The number of anilines is 1. The highest BCUT2D eigenvalue weighted by atomic mass is 35.5. The lowest BCUT2D eigenvalue weighted by Gasteiger charge is -2.15. The Morgan fingerprint density at radius 2 is 1.79 bits per heavy atom. The predicted molar refractivity (Wildman–Crippen MR) is 117 cm³/mol. The number of benzene rings is 3. The second-order valence-electron chi connectivity index (χ2n) is 7.14. The van der Waals surface area contributed by atoms with E-state index in [4.69, 9.17) is 16.3 Å². The van der Waals surface area contributed by atoms with Crippen molar-refractivity contribution in [3.63, 3.8) is 0 Å². The van der Waals surface area contributed by atoms with Gasteiger partial charge in [0.05, 0.1) is 10.7 Å². The molecule has 0 aromatic heterocycles. The van der Waals surface area contributed by atoms with E-state index >= 15 is 0 Å². The summed E-state index contributed by atoms with van der Waals surface area (Å²) >= 11 is 6.14. The lowest BCUT2D eigenvalue weighted by Crippen LogP contribution is -2.24. The van der Waals surface area contributed by atoms with E-state index in [-0.39, 0.29) is 22.7 Å². The summed E-state index contributed by atoms with van der Waals surface area (Å²) in [6, 6.07) is 10.2. The highest BCUT2D eigenvalue weighted by molar-refractivity contribution is 7.92. The van der Waals surface area contributed by atoms with Crippen molar-refractivity contribution in [1.82, 2.24) is 5.32 Å². The van der Waals surface area contributed by atoms with Gasteiger partial charge in [-0.2, -0.15) is 0 Å². The molecule has 1 aliphatic rings. The number of hydrogen-bond acceptors (Lipinski definition) is 5. The molecule has 0 atom stereocenters. The molecule has 7 nitrogen and oxygen atoms in total. The Morgan fingerprint density at radius 1 is 1.06 bits per heavy atom. The van der Waals surface area contributed by atoms with Gasteiger partial charge in [0.2, 0.25) is 0 Å². The lowest BCUT2D eigenvalue weighted by molar-refractivity contribution is -0.132. The molecule has 0 radical (unpaired) electrons. The lowest BCUT2D eigenvalue weighted by atomic mass is 9.98.